The third kappa shape index (κ3) is 4.62. The predicted octanol–water partition coefficient (Wildman–Crippen LogP) is 1.28. The van der Waals surface area contributed by atoms with Gasteiger partial charge in [-0.05, 0) is 37.8 Å². The van der Waals surface area contributed by atoms with Crippen molar-refractivity contribution in [3.05, 3.63) is 34.4 Å². The molecule has 0 spiro atoms. The highest BCUT2D eigenvalue weighted by Crippen LogP contribution is 2.28. The Morgan fingerprint density at radius 1 is 1.36 bits per heavy atom. The number of nitrogens with zero attached hydrogens (tertiary/aromatic N) is 2. The van der Waals surface area contributed by atoms with Gasteiger partial charge in [0.05, 0.1) is 9.82 Å². The van der Waals surface area contributed by atoms with E-state index >= 15 is 0 Å². The molecule has 156 valence electrons. The van der Waals surface area contributed by atoms with E-state index in [1.165, 1.54) is 22.5 Å². The maximum atomic E-state index is 13.0. The van der Waals surface area contributed by atoms with Crippen molar-refractivity contribution in [2.45, 2.75) is 43.2 Å². The summed E-state index contributed by atoms with van der Waals surface area (Å²) in [5.74, 6) is 0.0143. The molecule has 0 bridgehead atoms. The number of rotatable bonds is 5. The maximum Gasteiger partial charge on any atom is 0.270 e. The van der Waals surface area contributed by atoms with Gasteiger partial charge in [0.2, 0.25) is 15.9 Å². The number of sulfonamides is 1. The zero-order chi connectivity index (χ0) is 19.6. The SMILES string of the molecule is CC1CCNCC1NC(=O)C1CCCN1S(=O)(=O)c1cccc([N+](=O)[O-])c1.Cl. The average molecular weight is 433 g/mol. The monoisotopic (exact) mass is 432 g/mol. The molecule has 2 saturated heterocycles. The summed E-state index contributed by atoms with van der Waals surface area (Å²) >= 11 is 0. The Labute approximate surface area is 170 Å². The fourth-order valence-corrected chi connectivity index (χ4v) is 5.34. The van der Waals surface area contributed by atoms with Crippen LogP contribution < -0.4 is 10.6 Å². The van der Waals surface area contributed by atoms with E-state index in [1.54, 1.807) is 0 Å². The topological polar surface area (TPSA) is 122 Å². The Kier molecular flexibility index (Phi) is 7.38. The summed E-state index contributed by atoms with van der Waals surface area (Å²) in [5, 5.41) is 17.2. The molecule has 0 radical (unpaired) electrons. The molecule has 2 N–H and O–H groups in total. The average Bonchev–Trinajstić information content (AvgIpc) is 3.14. The Bertz CT molecular complexity index is 835. The van der Waals surface area contributed by atoms with Crippen LogP contribution in [0.3, 0.4) is 0 Å². The molecule has 1 aromatic rings. The van der Waals surface area contributed by atoms with Gasteiger partial charge in [0.15, 0.2) is 0 Å². The van der Waals surface area contributed by atoms with E-state index in [9.17, 15) is 23.3 Å². The van der Waals surface area contributed by atoms with Crippen LogP contribution >= 0.6 is 12.4 Å². The molecule has 0 saturated carbocycles. The van der Waals surface area contributed by atoms with Gasteiger partial charge in [0.25, 0.3) is 5.69 Å². The molecule has 2 fully saturated rings. The van der Waals surface area contributed by atoms with Crippen LogP contribution in [0.25, 0.3) is 0 Å². The van der Waals surface area contributed by atoms with Crippen molar-refractivity contribution < 1.29 is 18.1 Å². The first-order chi connectivity index (χ1) is 12.8. The van der Waals surface area contributed by atoms with Crippen LogP contribution in [0.4, 0.5) is 5.69 Å². The molecule has 28 heavy (non-hydrogen) atoms. The quantitative estimate of drug-likeness (QED) is 0.534. The summed E-state index contributed by atoms with van der Waals surface area (Å²) in [5.41, 5.74) is -0.293. The molecule has 2 aliphatic rings. The van der Waals surface area contributed by atoms with Crippen LogP contribution in [-0.4, -0.2) is 55.3 Å². The molecule has 3 atom stereocenters. The standard InChI is InChI=1S/C17H24N4O5S.ClH/c1-12-7-8-18-11-15(12)19-17(22)16-6-3-9-20(16)27(25,26)14-5-2-4-13(10-14)21(23)24;/h2,4-5,10,12,15-16,18H,3,6-9,11H2,1H3,(H,19,22);1H. The summed E-state index contributed by atoms with van der Waals surface area (Å²) in [4.78, 5) is 22.9. The van der Waals surface area contributed by atoms with Gasteiger partial charge in [-0.2, -0.15) is 4.31 Å². The van der Waals surface area contributed by atoms with Gasteiger partial charge in [-0.15, -0.1) is 12.4 Å². The van der Waals surface area contributed by atoms with E-state index in [4.69, 9.17) is 0 Å². The number of piperidine rings is 1. The first-order valence-electron chi connectivity index (χ1n) is 9.08. The minimum atomic E-state index is -3.99. The van der Waals surface area contributed by atoms with Crippen molar-refractivity contribution in [3.63, 3.8) is 0 Å². The normalized spacial score (nSPS) is 25.7. The highest BCUT2D eigenvalue weighted by atomic mass is 35.5. The van der Waals surface area contributed by atoms with Gasteiger partial charge in [-0.3, -0.25) is 14.9 Å². The van der Waals surface area contributed by atoms with E-state index in [2.05, 4.69) is 17.6 Å². The largest absolute Gasteiger partial charge is 0.350 e. The van der Waals surface area contributed by atoms with Crippen LogP contribution in [-0.2, 0) is 14.8 Å². The summed E-state index contributed by atoms with van der Waals surface area (Å²) in [7, 11) is -3.99. The molecule has 2 heterocycles. The van der Waals surface area contributed by atoms with Crippen LogP contribution in [0.1, 0.15) is 26.2 Å². The van der Waals surface area contributed by atoms with E-state index in [0.717, 1.165) is 19.0 Å². The second-order valence-electron chi connectivity index (χ2n) is 7.11. The van der Waals surface area contributed by atoms with Crippen molar-refractivity contribution in [1.29, 1.82) is 0 Å². The third-order valence-electron chi connectivity index (χ3n) is 5.30. The van der Waals surface area contributed by atoms with Crippen LogP contribution in [0.15, 0.2) is 29.2 Å². The molecule has 2 aliphatic heterocycles. The lowest BCUT2D eigenvalue weighted by Crippen LogP contribution is -2.55. The van der Waals surface area contributed by atoms with Crippen molar-refractivity contribution in [2.24, 2.45) is 5.92 Å². The van der Waals surface area contributed by atoms with Crippen molar-refractivity contribution in [1.82, 2.24) is 14.9 Å². The maximum absolute atomic E-state index is 13.0. The molecule has 1 amide bonds. The van der Waals surface area contributed by atoms with Crippen LogP contribution in [0.2, 0.25) is 0 Å². The van der Waals surface area contributed by atoms with E-state index in [1.807, 2.05) is 0 Å². The predicted molar refractivity (Wildman–Crippen MR) is 106 cm³/mol. The zero-order valence-electron chi connectivity index (χ0n) is 15.5. The summed E-state index contributed by atoms with van der Waals surface area (Å²) in [6.45, 7) is 3.86. The molecule has 0 aromatic heterocycles. The number of nitro groups is 1. The lowest BCUT2D eigenvalue weighted by atomic mass is 9.94. The van der Waals surface area contributed by atoms with E-state index in [-0.39, 0.29) is 41.5 Å². The second kappa shape index (κ2) is 9.17. The van der Waals surface area contributed by atoms with Crippen LogP contribution in [0, 0.1) is 16.0 Å². The number of amides is 1. The number of nitro benzene ring substituents is 1. The highest BCUT2D eigenvalue weighted by molar-refractivity contribution is 7.89. The Hall–Kier alpha value is -1.75. The number of non-ortho nitro benzene ring substituents is 1. The molecule has 9 nitrogen and oxygen atoms in total. The summed E-state index contributed by atoms with van der Waals surface area (Å²) < 4.78 is 27.2. The van der Waals surface area contributed by atoms with E-state index < -0.39 is 21.0 Å². The van der Waals surface area contributed by atoms with Gasteiger partial charge in [0.1, 0.15) is 6.04 Å². The number of carbonyl (C=O) groups is 1. The highest BCUT2D eigenvalue weighted by Gasteiger charge is 2.40. The molecule has 3 rings (SSSR count). The molecular weight excluding hydrogens is 408 g/mol. The van der Waals surface area contributed by atoms with Gasteiger partial charge >= 0.3 is 0 Å². The summed E-state index contributed by atoms with van der Waals surface area (Å²) in [6, 6.07) is 4.12. The third-order valence-corrected chi connectivity index (χ3v) is 7.20. The first kappa shape index (κ1) is 22.5. The van der Waals surface area contributed by atoms with Crippen LogP contribution in [0.5, 0.6) is 0 Å². The number of nitrogens with one attached hydrogen (secondary N) is 2. The van der Waals surface area contributed by atoms with Gasteiger partial charge in [0, 0.05) is 31.3 Å². The molecule has 3 unspecified atom stereocenters. The van der Waals surface area contributed by atoms with Crippen molar-refractivity contribution in [3.8, 4) is 0 Å². The molecule has 11 heteroatoms. The number of benzene rings is 1. The van der Waals surface area contributed by atoms with Gasteiger partial charge in [-0.1, -0.05) is 13.0 Å². The number of hydrogen-bond acceptors (Lipinski definition) is 6. The smallest absolute Gasteiger partial charge is 0.270 e. The zero-order valence-corrected chi connectivity index (χ0v) is 17.2. The number of hydrogen-bond donors (Lipinski definition) is 2. The fourth-order valence-electron chi connectivity index (χ4n) is 3.64. The number of carbonyl (C=O) groups excluding carboxylic acids is 1. The molecular formula is C17H25ClN4O5S. The lowest BCUT2D eigenvalue weighted by Gasteiger charge is -2.32. The Morgan fingerprint density at radius 3 is 2.79 bits per heavy atom. The molecule has 0 aliphatic carbocycles. The van der Waals surface area contributed by atoms with Crippen molar-refractivity contribution >= 4 is 34.0 Å². The van der Waals surface area contributed by atoms with Gasteiger partial charge < -0.3 is 10.6 Å². The second-order valence-corrected chi connectivity index (χ2v) is 9.00. The molecule has 1 aromatic carbocycles. The van der Waals surface area contributed by atoms with Gasteiger partial charge in [-0.25, -0.2) is 8.42 Å². The Balaban J connectivity index is 0.00000280. The number of halogens is 1. The van der Waals surface area contributed by atoms with Crippen molar-refractivity contribution in [2.75, 3.05) is 19.6 Å². The minimum absolute atomic E-state index is 0. The Morgan fingerprint density at radius 2 is 2.11 bits per heavy atom. The minimum Gasteiger partial charge on any atom is -0.350 e. The lowest BCUT2D eigenvalue weighted by molar-refractivity contribution is -0.385. The first-order valence-corrected chi connectivity index (χ1v) is 10.5. The fraction of sp³-hybridized carbons (Fsp3) is 0.588. The summed E-state index contributed by atoms with van der Waals surface area (Å²) in [6.07, 6.45) is 1.96. The van der Waals surface area contributed by atoms with E-state index in [0.29, 0.717) is 25.3 Å².